The first-order chi connectivity index (χ1) is 11.8. The fourth-order valence-electron chi connectivity index (χ4n) is 2.03. The number of hydrogen-bond acceptors (Lipinski definition) is 4. The summed E-state index contributed by atoms with van der Waals surface area (Å²) in [6, 6.07) is 11.1. The number of benzene rings is 2. The molecule has 0 unspecified atom stereocenters. The smallest absolute Gasteiger partial charge is 0.341 e. The van der Waals surface area contributed by atoms with Crippen LogP contribution in [0.3, 0.4) is 0 Å². The predicted octanol–water partition coefficient (Wildman–Crippen LogP) is 4.38. The number of Topliss-reactive ketones (excluding diaryl/α,β-unsaturated/α-hetero) is 1. The van der Waals surface area contributed by atoms with E-state index in [1.165, 1.54) is 26.0 Å². The molecule has 0 bridgehead atoms. The van der Waals surface area contributed by atoms with Crippen molar-refractivity contribution in [3.63, 3.8) is 0 Å². The maximum atomic E-state index is 12.2. The van der Waals surface area contributed by atoms with Crippen LogP contribution in [0.1, 0.15) is 34.6 Å². The average Bonchev–Trinajstić information content (AvgIpc) is 2.54. The zero-order chi connectivity index (χ0) is 18.6. The molecule has 0 radical (unpaired) electrons. The minimum absolute atomic E-state index is 0.00376. The lowest BCUT2D eigenvalue weighted by molar-refractivity contribution is -0.123. The zero-order valence-corrected chi connectivity index (χ0v) is 15.0. The molecule has 0 spiro atoms. The predicted molar refractivity (Wildman–Crippen MR) is 96.4 cm³/mol. The molecule has 2 rings (SSSR count). The number of esters is 1. The van der Waals surface area contributed by atoms with Crippen LogP contribution >= 0.6 is 23.2 Å². The number of ether oxygens (including phenoxy) is 1. The van der Waals surface area contributed by atoms with Gasteiger partial charge in [0, 0.05) is 11.3 Å². The molecule has 0 saturated carbocycles. The minimum atomic E-state index is -1.08. The molecule has 0 fully saturated rings. The molecule has 1 amide bonds. The first-order valence-electron chi connectivity index (χ1n) is 7.36. The van der Waals surface area contributed by atoms with Gasteiger partial charge < -0.3 is 10.1 Å². The van der Waals surface area contributed by atoms with Crippen molar-refractivity contribution < 1.29 is 19.1 Å². The highest BCUT2D eigenvalue weighted by molar-refractivity contribution is 6.39. The molecule has 130 valence electrons. The van der Waals surface area contributed by atoms with E-state index in [2.05, 4.69) is 5.32 Å². The molecule has 2 aromatic carbocycles. The summed E-state index contributed by atoms with van der Waals surface area (Å²) >= 11 is 11.9. The minimum Gasteiger partial charge on any atom is -0.449 e. The first kappa shape index (κ1) is 19.0. The van der Waals surface area contributed by atoms with E-state index in [0.717, 1.165) is 0 Å². The summed E-state index contributed by atoms with van der Waals surface area (Å²) < 4.78 is 5.12. The average molecular weight is 380 g/mol. The molecule has 5 nitrogen and oxygen atoms in total. The standard InChI is InChI=1S/C18H15Cl2NO4/c1-10(22)12-5-3-6-13(9-12)21-17(23)11(2)25-18(24)16-14(19)7-4-8-15(16)20/h3-9,11H,1-2H3,(H,21,23)/t11-/m1/s1. The third-order valence-electron chi connectivity index (χ3n) is 3.36. The van der Waals surface area contributed by atoms with Crippen LogP contribution in [0.25, 0.3) is 0 Å². The molecule has 2 aromatic rings. The lowest BCUT2D eigenvalue weighted by atomic mass is 10.1. The summed E-state index contributed by atoms with van der Waals surface area (Å²) in [4.78, 5) is 35.7. The molecule has 0 saturated heterocycles. The Morgan fingerprint density at radius 2 is 1.64 bits per heavy atom. The van der Waals surface area contributed by atoms with Crippen LogP contribution in [0.15, 0.2) is 42.5 Å². The lowest BCUT2D eigenvalue weighted by Gasteiger charge is -2.15. The van der Waals surface area contributed by atoms with Crippen LogP contribution in [0.5, 0.6) is 0 Å². The number of carbonyl (C=O) groups is 3. The molecule has 0 aliphatic heterocycles. The van der Waals surface area contributed by atoms with Crippen LogP contribution in [0.4, 0.5) is 5.69 Å². The third-order valence-corrected chi connectivity index (χ3v) is 3.99. The number of nitrogens with one attached hydrogen (secondary N) is 1. The fourth-order valence-corrected chi connectivity index (χ4v) is 2.58. The maximum Gasteiger partial charge on any atom is 0.341 e. The van der Waals surface area contributed by atoms with E-state index in [-0.39, 0.29) is 21.4 Å². The van der Waals surface area contributed by atoms with Gasteiger partial charge in [-0.25, -0.2) is 4.79 Å². The molecule has 1 atom stereocenters. The molecule has 25 heavy (non-hydrogen) atoms. The van der Waals surface area contributed by atoms with Crippen LogP contribution in [-0.2, 0) is 9.53 Å². The van der Waals surface area contributed by atoms with E-state index in [1.807, 2.05) is 0 Å². The Balaban J connectivity index is 2.06. The molecule has 0 heterocycles. The molecule has 7 heteroatoms. The first-order valence-corrected chi connectivity index (χ1v) is 8.12. The number of anilines is 1. The number of halogens is 2. The highest BCUT2D eigenvalue weighted by Crippen LogP contribution is 2.25. The van der Waals surface area contributed by atoms with Crippen LogP contribution in [0.2, 0.25) is 10.0 Å². The molecule has 0 aliphatic carbocycles. The van der Waals surface area contributed by atoms with Crippen molar-refractivity contribution >= 4 is 46.5 Å². The number of carbonyl (C=O) groups excluding carboxylic acids is 3. The third kappa shape index (κ3) is 4.81. The summed E-state index contributed by atoms with van der Waals surface area (Å²) in [5.41, 5.74) is 0.894. The number of ketones is 1. The van der Waals surface area contributed by atoms with Crippen molar-refractivity contribution in [3.05, 3.63) is 63.6 Å². The highest BCUT2D eigenvalue weighted by Gasteiger charge is 2.22. The second kappa shape index (κ2) is 8.14. The van der Waals surface area contributed by atoms with Crippen molar-refractivity contribution in [2.45, 2.75) is 20.0 Å². The summed E-state index contributed by atoms with van der Waals surface area (Å²) in [6.07, 6.45) is -1.08. The lowest BCUT2D eigenvalue weighted by Crippen LogP contribution is -2.30. The van der Waals surface area contributed by atoms with Crippen LogP contribution in [-0.4, -0.2) is 23.8 Å². The molecular formula is C18H15Cl2NO4. The normalized spacial score (nSPS) is 11.5. The summed E-state index contributed by atoms with van der Waals surface area (Å²) in [5, 5.41) is 2.87. The zero-order valence-electron chi connectivity index (χ0n) is 13.5. The van der Waals surface area contributed by atoms with E-state index in [1.54, 1.807) is 30.3 Å². The van der Waals surface area contributed by atoms with Crippen LogP contribution in [0, 0.1) is 0 Å². The largest absolute Gasteiger partial charge is 0.449 e. The Morgan fingerprint density at radius 3 is 2.24 bits per heavy atom. The second-order valence-corrected chi connectivity index (χ2v) is 6.08. The van der Waals surface area contributed by atoms with Gasteiger partial charge in [0.25, 0.3) is 5.91 Å². The fraction of sp³-hybridized carbons (Fsp3) is 0.167. The Hall–Kier alpha value is -2.37. The van der Waals surface area contributed by atoms with Crippen molar-refractivity contribution in [3.8, 4) is 0 Å². The van der Waals surface area contributed by atoms with Gasteiger partial charge in [-0.15, -0.1) is 0 Å². The van der Waals surface area contributed by atoms with Crippen molar-refractivity contribution in [2.24, 2.45) is 0 Å². The molecule has 0 aromatic heterocycles. The van der Waals surface area contributed by atoms with Gasteiger partial charge in [0.05, 0.1) is 15.6 Å². The Kier molecular flexibility index (Phi) is 6.17. The quantitative estimate of drug-likeness (QED) is 0.617. The van der Waals surface area contributed by atoms with E-state index >= 15 is 0 Å². The van der Waals surface area contributed by atoms with E-state index < -0.39 is 18.0 Å². The number of hydrogen-bond donors (Lipinski definition) is 1. The highest BCUT2D eigenvalue weighted by atomic mass is 35.5. The maximum absolute atomic E-state index is 12.2. The summed E-state index contributed by atoms with van der Waals surface area (Å²) in [5.74, 6) is -1.46. The van der Waals surface area contributed by atoms with E-state index in [9.17, 15) is 14.4 Å². The van der Waals surface area contributed by atoms with Gasteiger partial charge in [-0.2, -0.15) is 0 Å². The van der Waals surface area contributed by atoms with Gasteiger partial charge in [-0.3, -0.25) is 9.59 Å². The van der Waals surface area contributed by atoms with Gasteiger partial charge in [0.1, 0.15) is 0 Å². The molecular weight excluding hydrogens is 365 g/mol. The summed E-state index contributed by atoms with van der Waals surface area (Å²) in [7, 11) is 0. The molecule has 1 N–H and O–H groups in total. The van der Waals surface area contributed by atoms with Gasteiger partial charge in [0.15, 0.2) is 11.9 Å². The Morgan fingerprint density at radius 1 is 1.04 bits per heavy atom. The summed E-state index contributed by atoms with van der Waals surface area (Å²) in [6.45, 7) is 2.85. The number of amides is 1. The van der Waals surface area contributed by atoms with Crippen LogP contribution < -0.4 is 5.32 Å². The van der Waals surface area contributed by atoms with Gasteiger partial charge in [-0.1, -0.05) is 41.4 Å². The van der Waals surface area contributed by atoms with E-state index in [4.69, 9.17) is 27.9 Å². The van der Waals surface area contributed by atoms with E-state index in [0.29, 0.717) is 11.3 Å². The van der Waals surface area contributed by atoms with Crippen molar-refractivity contribution in [2.75, 3.05) is 5.32 Å². The monoisotopic (exact) mass is 379 g/mol. The van der Waals surface area contributed by atoms with Crippen molar-refractivity contribution in [1.82, 2.24) is 0 Å². The second-order valence-electron chi connectivity index (χ2n) is 5.27. The van der Waals surface area contributed by atoms with Crippen molar-refractivity contribution in [1.29, 1.82) is 0 Å². The Bertz CT molecular complexity index is 815. The van der Waals surface area contributed by atoms with Gasteiger partial charge >= 0.3 is 5.97 Å². The number of rotatable bonds is 5. The van der Waals surface area contributed by atoms with Gasteiger partial charge in [0.2, 0.25) is 0 Å². The molecule has 0 aliphatic rings. The SMILES string of the molecule is CC(=O)c1cccc(NC(=O)[C@@H](C)OC(=O)c2c(Cl)cccc2Cl)c1. The topological polar surface area (TPSA) is 72.5 Å². The van der Waals surface area contributed by atoms with Gasteiger partial charge in [-0.05, 0) is 38.1 Å². The Labute approximate surface area is 154 Å².